The summed E-state index contributed by atoms with van der Waals surface area (Å²) < 4.78 is 7.70. The Labute approximate surface area is 243 Å². The monoisotopic (exact) mass is 557 g/mol. The highest BCUT2D eigenvalue weighted by atomic mass is 16.6. The Balaban J connectivity index is 1.15. The van der Waals surface area contributed by atoms with Gasteiger partial charge in [0.25, 0.3) is 0 Å². The van der Waals surface area contributed by atoms with Gasteiger partial charge in [-0.3, -0.25) is 9.97 Å². The van der Waals surface area contributed by atoms with Gasteiger partial charge in [-0.05, 0) is 108 Å². The number of anilines is 1. The van der Waals surface area contributed by atoms with Crippen molar-refractivity contribution in [3.05, 3.63) is 53.7 Å². The molecule has 0 bridgehead atoms. The van der Waals surface area contributed by atoms with Crippen molar-refractivity contribution >= 4 is 11.8 Å². The first-order chi connectivity index (χ1) is 19.6. The normalized spacial score (nSPS) is 20.1. The number of hydrogen-bond donors (Lipinski definition) is 0. The third-order valence-corrected chi connectivity index (χ3v) is 8.49. The third kappa shape index (κ3) is 6.54. The topological polar surface area (TPSA) is 89.3 Å². The van der Waals surface area contributed by atoms with Crippen LogP contribution < -0.4 is 4.90 Å². The van der Waals surface area contributed by atoms with E-state index in [9.17, 15) is 4.79 Å². The van der Waals surface area contributed by atoms with E-state index in [0.717, 1.165) is 60.7 Å². The van der Waals surface area contributed by atoms with Gasteiger partial charge in [0.15, 0.2) is 0 Å². The van der Waals surface area contributed by atoms with Crippen LogP contribution in [0.3, 0.4) is 0 Å². The van der Waals surface area contributed by atoms with Crippen molar-refractivity contribution in [3.63, 3.8) is 0 Å². The molecule has 1 unspecified atom stereocenters. The van der Waals surface area contributed by atoms with E-state index >= 15 is 0 Å². The molecule has 41 heavy (non-hydrogen) atoms. The van der Waals surface area contributed by atoms with E-state index in [0.29, 0.717) is 11.8 Å². The molecule has 2 saturated carbocycles. The molecule has 4 heterocycles. The molecular formula is C32H43N7O2. The minimum atomic E-state index is -0.497. The number of aromatic nitrogens is 5. The van der Waals surface area contributed by atoms with Crippen LogP contribution in [0.25, 0.3) is 11.3 Å². The van der Waals surface area contributed by atoms with Crippen LogP contribution in [0.5, 0.6) is 0 Å². The number of rotatable bonds is 8. The van der Waals surface area contributed by atoms with E-state index < -0.39 is 5.60 Å². The van der Waals surface area contributed by atoms with Gasteiger partial charge in [0.1, 0.15) is 11.3 Å². The molecule has 2 atom stereocenters. The molecular weight excluding hydrogens is 514 g/mol. The van der Waals surface area contributed by atoms with Crippen molar-refractivity contribution in [1.82, 2.24) is 29.9 Å². The summed E-state index contributed by atoms with van der Waals surface area (Å²) in [6.07, 6.45) is 14.5. The summed E-state index contributed by atoms with van der Waals surface area (Å²) in [5.74, 6) is 1.26. The molecule has 3 aliphatic rings. The summed E-state index contributed by atoms with van der Waals surface area (Å²) >= 11 is 0. The number of pyridine rings is 2. The van der Waals surface area contributed by atoms with E-state index in [1.165, 1.54) is 31.2 Å². The molecule has 3 aromatic rings. The maximum Gasteiger partial charge on any atom is 0.410 e. The van der Waals surface area contributed by atoms with Crippen molar-refractivity contribution in [2.24, 2.45) is 5.92 Å². The van der Waals surface area contributed by atoms with Crippen LogP contribution in [0.1, 0.15) is 95.0 Å². The lowest BCUT2D eigenvalue weighted by atomic mass is 10.0. The zero-order valence-corrected chi connectivity index (χ0v) is 25.1. The Morgan fingerprint density at radius 2 is 1.93 bits per heavy atom. The minimum Gasteiger partial charge on any atom is -0.444 e. The lowest BCUT2D eigenvalue weighted by Gasteiger charge is -2.41. The zero-order chi connectivity index (χ0) is 28.7. The summed E-state index contributed by atoms with van der Waals surface area (Å²) in [5, 5.41) is 8.91. The summed E-state index contributed by atoms with van der Waals surface area (Å²) in [4.78, 5) is 26.9. The molecule has 0 aromatic carbocycles. The van der Waals surface area contributed by atoms with Crippen LogP contribution in [0.2, 0.25) is 0 Å². The number of piperidine rings is 1. The standard InChI is InChI=1S/C32H43N7O2/c1-21-13-28(37-12-6-7-27(19-37)38(18-23-8-9-23)31(40)41-32(3,4)5)17-34-30(21)22(2)39-20-29(35-36-39)26-14-25(15-33-16-26)24-10-11-24/h13-17,20,22-24,27H,6-12,18-19H2,1-5H3/t22?,27-/m1/s1. The van der Waals surface area contributed by atoms with E-state index in [1.807, 2.05) is 55.1 Å². The number of ether oxygens (including phenoxy) is 1. The summed E-state index contributed by atoms with van der Waals surface area (Å²) in [6, 6.07) is 4.50. The average Bonchev–Trinajstić information content (AvgIpc) is 3.89. The molecule has 9 heteroatoms. The van der Waals surface area contributed by atoms with Gasteiger partial charge < -0.3 is 14.5 Å². The quantitative estimate of drug-likeness (QED) is 0.328. The molecule has 9 nitrogen and oxygen atoms in total. The van der Waals surface area contributed by atoms with E-state index in [2.05, 4.69) is 46.2 Å². The van der Waals surface area contributed by atoms with Crippen LogP contribution in [-0.2, 0) is 4.74 Å². The van der Waals surface area contributed by atoms with E-state index in [1.54, 1.807) is 0 Å². The second kappa shape index (κ2) is 11.1. The number of carbonyl (C=O) groups excluding carboxylic acids is 1. The van der Waals surface area contributed by atoms with Crippen molar-refractivity contribution in [2.75, 3.05) is 24.5 Å². The SMILES string of the molecule is Cc1cc(N2CCC[C@@H](N(CC3CC3)C(=O)OC(C)(C)C)C2)cnc1C(C)n1cc(-c2cncc(C3CC3)c2)nn1. The predicted octanol–water partition coefficient (Wildman–Crippen LogP) is 6.15. The van der Waals surface area contributed by atoms with Gasteiger partial charge in [0.05, 0.1) is 35.9 Å². The molecule has 0 radical (unpaired) electrons. The second-order valence-corrected chi connectivity index (χ2v) is 13.3. The molecule has 6 rings (SSSR count). The molecule has 0 N–H and O–H groups in total. The Bertz CT molecular complexity index is 1390. The molecule has 2 aliphatic carbocycles. The number of hydrogen-bond acceptors (Lipinski definition) is 7. The Morgan fingerprint density at radius 3 is 2.63 bits per heavy atom. The Kier molecular flexibility index (Phi) is 7.47. The number of amides is 1. The van der Waals surface area contributed by atoms with Gasteiger partial charge in [0.2, 0.25) is 0 Å². The zero-order valence-electron chi connectivity index (χ0n) is 25.1. The Morgan fingerprint density at radius 1 is 1.12 bits per heavy atom. The van der Waals surface area contributed by atoms with Gasteiger partial charge in [-0.25, -0.2) is 9.48 Å². The van der Waals surface area contributed by atoms with Crippen LogP contribution >= 0.6 is 0 Å². The summed E-state index contributed by atoms with van der Waals surface area (Å²) in [7, 11) is 0. The Hall–Kier alpha value is -3.49. The number of nitrogens with zero attached hydrogens (tertiary/aromatic N) is 7. The molecule has 218 valence electrons. The van der Waals surface area contributed by atoms with Crippen molar-refractivity contribution in [2.45, 2.75) is 96.7 Å². The largest absolute Gasteiger partial charge is 0.444 e. The van der Waals surface area contributed by atoms with Crippen LogP contribution in [-0.4, -0.2) is 67.2 Å². The molecule has 3 aromatic heterocycles. The molecule has 1 aliphatic heterocycles. The van der Waals surface area contributed by atoms with Gasteiger partial charge >= 0.3 is 6.09 Å². The van der Waals surface area contributed by atoms with Gasteiger partial charge in [-0.1, -0.05) is 5.21 Å². The fraction of sp³-hybridized carbons (Fsp3) is 0.594. The maximum atomic E-state index is 13.2. The molecule has 1 saturated heterocycles. The van der Waals surface area contributed by atoms with E-state index in [4.69, 9.17) is 9.72 Å². The first kappa shape index (κ1) is 27.7. The summed E-state index contributed by atoms with van der Waals surface area (Å²) in [6.45, 7) is 12.6. The first-order valence-electron chi connectivity index (χ1n) is 15.2. The molecule has 0 spiro atoms. The van der Waals surface area contributed by atoms with Crippen molar-refractivity contribution in [1.29, 1.82) is 0 Å². The van der Waals surface area contributed by atoms with E-state index in [-0.39, 0.29) is 18.2 Å². The summed E-state index contributed by atoms with van der Waals surface area (Å²) in [5.41, 5.74) is 5.83. The lowest BCUT2D eigenvalue weighted by molar-refractivity contribution is 0.0134. The van der Waals surface area contributed by atoms with Crippen molar-refractivity contribution < 1.29 is 9.53 Å². The maximum absolute atomic E-state index is 13.2. The van der Waals surface area contributed by atoms with Crippen molar-refractivity contribution in [3.8, 4) is 11.3 Å². The smallest absolute Gasteiger partial charge is 0.410 e. The average molecular weight is 558 g/mol. The molecule has 1 amide bonds. The van der Waals surface area contributed by atoms with Gasteiger partial charge in [-0.2, -0.15) is 0 Å². The number of aryl methyl sites for hydroxylation is 1. The highest BCUT2D eigenvalue weighted by molar-refractivity contribution is 5.69. The highest BCUT2D eigenvalue weighted by Gasteiger charge is 2.36. The highest BCUT2D eigenvalue weighted by Crippen LogP contribution is 2.40. The predicted molar refractivity (Wildman–Crippen MR) is 159 cm³/mol. The van der Waals surface area contributed by atoms with Gasteiger partial charge in [-0.15, -0.1) is 5.10 Å². The van der Waals surface area contributed by atoms with Gasteiger partial charge in [0, 0.05) is 37.6 Å². The fourth-order valence-electron chi connectivity index (χ4n) is 5.86. The van der Waals surface area contributed by atoms with Crippen LogP contribution in [0.4, 0.5) is 10.5 Å². The third-order valence-electron chi connectivity index (χ3n) is 8.49. The fourth-order valence-corrected chi connectivity index (χ4v) is 5.86. The van der Waals surface area contributed by atoms with Crippen LogP contribution in [0, 0.1) is 12.8 Å². The molecule has 3 fully saturated rings. The number of carbonyl (C=O) groups is 1. The first-order valence-corrected chi connectivity index (χ1v) is 15.2. The lowest BCUT2D eigenvalue weighted by Crippen LogP contribution is -2.52. The van der Waals surface area contributed by atoms with Crippen LogP contribution in [0.15, 0.2) is 36.9 Å². The minimum absolute atomic E-state index is 0.0554. The second-order valence-electron chi connectivity index (χ2n) is 13.3.